The number of nitrogens with zero attached hydrogens (tertiary/aromatic N) is 2. The summed E-state index contributed by atoms with van der Waals surface area (Å²) in [6.07, 6.45) is 0.124. The Morgan fingerprint density at radius 2 is 2.33 bits per heavy atom. The molecule has 0 unspecified atom stereocenters. The van der Waals surface area contributed by atoms with Gasteiger partial charge in [0, 0.05) is 6.54 Å². The van der Waals surface area contributed by atoms with Crippen molar-refractivity contribution in [1.29, 1.82) is 0 Å². The topological polar surface area (TPSA) is 64.4 Å². The molecule has 0 fully saturated rings. The Bertz CT molecular complexity index is 344. The molecular weight excluding hydrogens is 196 g/mol. The average Bonchev–Trinajstić information content (AvgIpc) is 2.57. The van der Waals surface area contributed by atoms with Gasteiger partial charge in [0.15, 0.2) is 5.69 Å². The fourth-order valence-corrected chi connectivity index (χ4v) is 1.20. The Morgan fingerprint density at radius 3 is 2.80 bits per heavy atom. The van der Waals surface area contributed by atoms with Crippen LogP contribution in [0.2, 0.25) is 0 Å². The van der Waals surface area contributed by atoms with Gasteiger partial charge in [-0.2, -0.15) is 5.10 Å². The van der Waals surface area contributed by atoms with Gasteiger partial charge in [0.2, 0.25) is 0 Å². The number of carboxylic acid groups (broad SMARTS) is 1. The van der Waals surface area contributed by atoms with Crippen LogP contribution in [0.5, 0.6) is 0 Å². The summed E-state index contributed by atoms with van der Waals surface area (Å²) >= 11 is 0. The van der Waals surface area contributed by atoms with Gasteiger partial charge in [-0.15, -0.1) is 0 Å². The van der Waals surface area contributed by atoms with Crippen molar-refractivity contribution < 1.29 is 14.6 Å². The third-order valence-electron chi connectivity index (χ3n) is 1.95. The molecule has 84 valence electrons. The average molecular weight is 212 g/mol. The lowest BCUT2D eigenvalue weighted by molar-refractivity contribution is 0.0612. The highest BCUT2D eigenvalue weighted by Gasteiger charge is 2.12. The highest BCUT2D eigenvalue weighted by Crippen LogP contribution is 2.07. The van der Waals surface area contributed by atoms with Crippen molar-refractivity contribution in [1.82, 2.24) is 9.78 Å². The molecule has 0 spiro atoms. The van der Waals surface area contributed by atoms with Gasteiger partial charge in [-0.05, 0) is 26.8 Å². The van der Waals surface area contributed by atoms with E-state index in [2.05, 4.69) is 5.10 Å². The van der Waals surface area contributed by atoms with Crippen LogP contribution in [0.1, 0.15) is 37.0 Å². The molecule has 0 atom stereocenters. The number of aryl methyl sites for hydroxylation is 1. The summed E-state index contributed by atoms with van der Waals surface area (Å²) in [6.45, 7) is 6.82. The van der Waals surface area contributed by atoms with Gasteiger partial charge >= 0.3 is 5.97 Å². The minimum atomic E-state index is -1.01. The van der Waals surface area contributed by atoms with E-state index in [1.807, 2.05) is 20.8 Å². The van der Waals surface area contributed by atoms with E-state index in [-0.39, 0.29) is 11.8 Å². The van der Waals surface area contributed by atoms with Crippen LogP contribution < -0.4 is 0 Å². The standard InChI is InChI=1S/C10H16N2O3/c1-4-12-8(6-15-7(2)3)5-9(11-12)10(13)14/h5,7H,4,6H2,1-3H3,(H,13,14). The molecule has 0 amide bonds. The smallest absolute Gasteiger partial charge is 0.356 e. The van der Waals surface area contributed by atoms with Crippen molar-refractivity contribution in [3.8, 4) is 0 Å². The third kappa shape index (κ3) is 3.06. The molecule has 0 aliphatic rings. The lowest BCUT2D eigenvalue weighted by atomic mass is 10.3. The van der Waals surface area contributed by atoms with Crippen molar-refractivity contribution >= 4 is 5.97 Å². The van der Waals surface area contributed by atoms with E-state index in [0.29, 0.717) is 13.2 Å². The summed E-state index contributed by atoms with van der Waals surface area (Å²) in [5, 5.41) is 12.7. The summed E-state index contributed by atoms with van der Waals surface area (Å²) < 4.78 is 7.05. The highest BCUT2D eigenvalue weighted by molar-refractivity contribution is 5.85. The first-order chi connectivity index (χ1) is 7.04. The molecule has 5 nitrogen and oxygen atoms in total. The van der Waals surface area contributed by atoms with Gasteiger partial charge < -0.3 is 9.84 Å². The van der Waals surface area contributed by atoms with Crippen molar-refractivity contribution in [2.45, 2.75) is 40.0 Å². The molecule has 1 aromatic rings. The maximum atomic E-state index is 10.7. The number of rotatable bonds is 5. The number of hydrogen-bond acceptors (Lipinski definition) is 3. The minimum Gasteiger partial charge on any atom is -0.476 e. The zero-order valence-electron chi connectivity index (χ0n) is 9.23. The fraction of sp³-hybridized carbons (Fsp3) is 0.600. The Labute approximate surface area is 88.7 Å². The number of carbonyl (C=O) groups is 1. The number of aromatic carboxylic acids is 1. The Balaban J connectivity index is 2.81. The third-order valence-corrected chi connectivity index (χ3v) is 1.95. The van der Waals surface area contributed by atoms with Crippen LogP contribution in [0.25, 0.3) is 0 Å². The van der Waals surface area contributed by atoms with E-state index < -0.39 is 5.97 Å². The van der Waals surface area contributed by atoms with Crippen molar-refractivity contribution in [2.24, 2.45) is 0 Å². The lowest BCUT2D eigenvalue weighted by Gasteiger charge is -2.08. The van der Waals surface area contributed by atoms with Gasteiger partial charge in [-0.1, -0.05) is 0 Å². The predicted octanol–water partition coefficient (Wildman–Crippen LogP) is 1.53. The van der Waals surface area contributed by atoms with Gasteiger partial charge in [0.25, 0.3) is 0 Å². The molecule has 1 heterocycles. The van der Waals surface area contributed by atoms with E-state index in [1.54, 1.807) is 10.7 Å². The number of ether oxygens (including phenoxy) is 1. The first kappa shape index (κ1) is 11.7. The summed E-state index contributed by atoms with van der Waals surface area (Å²) in [6, 6.07) is 1.55. The maximum Gasteiger partial charge on any atom is 0.356 e. The van der Waals surface area contributed by atoms with E-state index >= 15 is 0 Å². The van der Waals surface area contributed by atoms with E-state index in [1.165, 1.54) is 0 Å². The van der Waals surface area contributed by atoms with Crippen LogP contribution in [0.4, 0.5) is 0 Å². The van der Waals surface area contributed by atoms with E-state index in [0.717, 1.165) is 5.69 Å². The zero-order chi connectivity index (χ0) is 11.4. The number of hydrogen-bond donors (Lipinski definition) is 1. The van der Waals surface area contributed by atoms with Crippen molar-refractivity contribution in [3.63, 3.8) is 0 Å². The molecule has 0 aliphatic heterocycles. The van der Waals surface area contributed by atoms with Gasteiger partial charge in [-0.25, -0.2) is 4.79 Å². The molecule has 1 N–H and O–H groups in total. The summed E-state index contributed by atoms with van der Waals surface area (Å²) in [7, 11) is 0. The molecule has 0 radical (unpaired) electrons. The van der Waals surface area contributed by atoms with Crippen molar-refractivity contribution in [2.75, 3.05) is 0 Å². The molecule has 0 saturated carbocycles. The van der Waals surface area contributed by atoms with E-state index in [9.17, 15) is 4.79 Å². The lowest BCUT2D eigenvalue weighted by Crippen LogP contribution is -2.08. The second-order valence-corrected chi connectivity index (χ2v) is 3.50. The molecule has 1 aromatic heterocycles. The summed E-state index contributed by atoms with van der Waals surface area (Å²) in [4.78, 5) is 10.7. The molecule has 0 aromatic carbocycles. The van der Waals surface area contributed by atoms with Crippen LogP contribution >= 0.6 is 0 Å². The molecule has 0 aliphatic carbocycles. The Morgan fingerprint density at radius 1 is 1.67 bits per heavy atom. The van der Waals surface area contributed by atoms with Crippen LogP contribution in [0.15, 0.2) is 6.07 Å². The Kier molecular flexibility index (Phi) is 3.85. The highest BCUT2D eigenvalue weighted by atomic mass is 16.5. The zero-order valence-corrected chi connectivity index (χ0v) is 9.23. The summed E-state index contributed by atoms with van der Waals surface area (Å²) in [5.41, 5.74) is 0.864. The van der Waals surface area contributed by atoms with Crippen LogP contribution in [-0.2, 0) is 17.9 Å². The molecule has 15 heavy (non-hydrogen) atoms. The molecule has 0 saturated heterocycles. The first-order valence-electron chi connectivity index (χ1n) is 4.96. The van der Waals surface area contributed by atoms with Crippen LogP contribution in [0.3, 0.4) is 0 Å². The number of carboxylic acids is 1. The summed E-state index contributed by atoms with van der Waals surface area (Å²) in [5.74, 6) is -1.01. The van der Waals surface area contributed by atoms with Crippen molar-refractivity contribution in [3.05, 3.63) is 17.5 Å². The maximum absolute atomic E-state index is 10.7. The minimum absolute atomic E-state index is 0.0687. The molecule has 5 heteroatoms. The quantitative estimate of drug-likeness (QED) is 0.803. The van der Waals surface area contributed by atoms with Crippen LogP contribution in [0, 0.1) is 0 Å². The number of aromatic nitrogens is 2. The SMILES string of the molecule is CCn1nc(C(=O)O)cc1COC(C)C. The van der Waals surface area contributed by atoms with E-state index in [4.69, 9.17) is 9.84 Å². The predicted molar refractivity (Wildman–Crippen MR) is 54.8 cm³/mol. The van der Waals surface area contributed by atoms with Crippen LogP contribution in [-0.4, -0.2) is 27.0 Å². The molecular formula is C10H16N2O3. The van der Waals surface area contributed by atoms with Gasteiger partial charge in [0.05, 0.1) is 18.4 Å². The first-order valence-corrected chi connectivity index (χ1v) is 4.96. The second-order valence-electron chi connectivity index (χ2n) is 3.50. The fourth-order valence-electron chi connectivity index (χ4n) is 1.20. The molecule has 1 rings (SSSR count). The second kappa shape index (κ2) is 4.93. The van der Waals surface area contributed by atoms with Gasteiger partial charge in [-0.3, -0.25) is 4.68 Å². The normalized spacial score (nSPS) is 10.9. The Hall–Kier alpha value is -1.36. The monoisotopic (exact) mass is 212 g/mol. The largest absolute Gasteiger partial charge is 0.476 e. The van der Waals surface area contributed by atoms with Gasteiger partial charge in [0.1, 0.15) is 0 Å². The molecule has 0 bridgehead atoms.